The van der Waals surface area contributed by atoms with E-state index in [1.807, 2.05) is 31.2 Å². The first kappa shape index (κ1) is 15.1. The van der Waals surface area contributed by atoms with Gasteiger partial charge in [0.2, 0.25) is 0 Å². The third-order valence-corrected chi connectivity index (χ3v) is 3.06. The van der Waals surface area contributed by atoms with E-state index < -0.39 is 5.97 Å². The molecule has 112 valence electrons. The quantitative estimate of drug-likeness (QED) is 0.847. The van der Waals surface area contributed by atoms with Crippen LogP contribution in [0.15, 0.2) is 30.3 Å². The molecule has 0 bridgehead atoms. The number of benzene rings is 1. The lowest BCUT2D eigenvalue weighted by Crippen LogP contribution is -2.09. The second-order valence-corrected chi connectivity index (χ2v) is 4.82. The van der Waals surface area contributed by atoms with Gasteiger partial charge in [-0.05, 0) is 43.2 Å². The molecule has 0 atom stereocenters. The Bertz CT molecular complexity index is 602. The molecule has 0 unspecified atom stereocenters. The molecule has 0 spiro atoms. The number of aromatic nitrogens is 2. The number of carboxylic acids is 1. The van der Waals surface area contributed by atoms with Gasteiger partial charge in [0.05, 0.1) is 12.3 Å². The van der Waals surface area contributed by atoms with Crippen LogP contribution in [0.2, 0.25) is 0 Å². The summed E-state index contributed by atoms with van der Waals surface area (Å²) in [5.74, 6) is -0.142. The van der Waals surface area contributed by atoms with Crippen LogP contribution in [0.25, 0.3) is 11.3 Å². The summed E-state index contributed by atoms with van der Waals surface area (Å²) in [7, 11) is 0. The lowest BCUT2D eigenvalue weighted by Gasteiger charge is -2.04. The molecule has 0 saturated carbocycles. The maximum atomic E-state index is 11.2. The summed E-state index contributed by atoms with van der Waals surface area (Å²) in [6, 6.07) is 9.17. The molecule has 5 nitrogen and oxygen atoms in total. The average Bonchev–Trinajstić information content (AvgIpc) is 2.90. The fourth-order valence-electron chi connectivity index (χ4n) is 2.05. The summed E-state index contributed by atoms with van der Waals surface area (Å²) in [5, 5.41) is 13.6. The minimum absolute atomic E-state index is 0.221. The predicted molar refractivity (Wildman–Crippen MR) is 80.7 cm³/mol. The zero-order valence-electron chi connectivity index (χ0n) is 12.4. The summed E-state index contributed by atoms with van der Waals surface area (Å²) in [6.45, 7) is 5.34. The van der Waals surface area contributed by atoms with Gasteiger partial charge in [-0.2, -0.15) is 5.10 Å². The highest BCUT2D eigenvalue weighted by Crippen LogP contribution is 2.22. The molecule has 0 radical (unpaired) electrons. The van der Waals surface area contributed by atoms with Gasteiger partial charge in [0.25, 0.3) is 0 Å². The van der Waals surface area contributed by atoms with Crippen molar-refractivity contribution in [2.24, 2.45) is 0 Å². The van der Waals surface area contributed by atoms with Gasteiger partial charge in [0.15, 0.2) is 0 Å². The van der Waals surface area contributed by atoms with Crippen molar-refractivity contribution in [2.45, 2.75) is 33.2 Å². The number of ether oxygens (including phenoxy) is 1. The van der Waals surface area contributed by atoms with Crippen LogP contribution in [0, 0.1) is 0 Å². The van der Waals surface area contributed by atoms with Crippen molar-refractivity contribution in [2.75, 3.05) is 6.61 Å². The van der Waals surface area contributed by atoms with Gasteiger partial charge >= 0.3 is 5.97 Å². The molecule has 0 saturated heterocycles. The van der Waals surface area contributed by atoms with Gasteiger partial charge in [0, 0.05) is 12.1 Å². The van der Waals surface area contributed by atoms with Gasteiger partial charge in [-0.1, -0.05) is 13.8 Å². The summed E-state index contributed by atoms with van der Waals surface area (Å²) in [5.41, 5.74) is 1.78. The average molecular weight is 288 g/mol. The molecular weight excluding hydrogens is 268 g/mol. The fraction of sp³-hybridized carbons (Fsp3) is 0.375. The number of hydrogen-bond acceptors (Lipinski definition) is 3. The SMILES string of the molecule is CCCOc1ccc(-c2cc(C(=O)O)n(CCC)n2)cc1. The van der Waals surface area contributed by atoms with Gasteiger partial charge < -0.3 is 9.84 Å². The first-order chi connectivity index (χ1) is 10.2. The summed E-state index contributed by atoms with van der Waals surface area (Å²) in [4.78, 5) is 11.2. The molecule has 0 aliphatic rings. The van der Waals surface area contributed by atoms with E-state index >= 15 is 0 Å². The number of rotatable bonds is 7. The molecule has 0 aliphatic heterocycles. The van der Waals surface area contributed by atoms with E-state index in [2.05, 4.69) is 12.0 Å². The minimum Gasteiger partial charge on any atom is -0.494 e. The van der Waals surface area contributed by atoms with Gasteiger partial charge in [0.1, 0.15) is 11.4 Å². The summed E-state index contributed by atoms with van der Waals surface area (Å²) >= 11 is 0. The first-order valence-corrected chi connectivity index (χ1v) is 7.20. The largest absolute Gasteiger partial charge is 0.494 e. The van der Waals surface area contributed by atoms with E-state index in [-0.39, 0.29) is 5.69 Å². The third kappa shape index (κ3) is 3.62. The standard InChI is InChI=1S/C16H20N2O3/c1-3-9-18-15(16(19)20)11-14(17-18)12-5-7-13(8-6-12)21-10-4-2/h5-8,11H,3-4,9-10H2,1-2H3,(H,19,20). The predicted octanol–water partition coefficient (Wildman–Crippen LogP) is 3.45. The first-order valence-electron chi connectivity index (χ1n) is 7.20. The van der Waals surface area contributed by atoms with Crippen LogP contribution in [-0.4, -0.2) is 27.5 Å². The van der Waals surface area contributed by atoms with E-state index in [1.165, 1.54) is 0 Å². The van der Waals surface area contributed by atoms with Crippen LogP contribution in [0.5, 0.6) is 5.75 Å². The molecule has 5 heteroatoms. The number of aromatic carboxylic acids is 1. The zero-order chi connectivity index (χ0) is 15.2. The number of hydrogen-bond donors (Lipinski definition) is 1. The van der Waals surface area contributed by atoms with Crippen molar-refractivity contribution in [3.63, 3.8) is 0 Å². The molecule has 1 heterocycles. The number of aryl methyl sites for hydroxylation is 1. The van der Waals surface area contributed by atoms with E-state index in [0.29, 0.717) is 18.8 Å². The van der Waals surface area contributed by atoms with Crippen molar-refractivity contribution >= 4 is 5.97 Å². The Morgan fingerprint density at radius 3 is 2.52 bits per heavy atom. The highest BCUT2D eigenvalue weighted by Gasteiger charge is 2.14. The van der Waals surface area contributed by atoms with Crippen LogP contribution in [0.4, 0.5) is 0 Å². The smallest absolute Gasteiger partial charge is 0.354 e. The molecule has 1 aromatic heterocycles. The van der Waals surface area contributed by atoms with E-state index in [1.54, 1.807) is 10.7 Å². The molecule has 2 rings (SSSR count). The molecule has 21 heavy (non-hydrogen) atoms. The molecule has 0 aliphatic carbocycles. The summed E-state index contributed by atoms with van der Waals surface area (Å²) < 4.78 is 7.07. The number of nitrogens with zero attached hydrogens (tertiary/aromatic N) is 2. The van der Waals surface area contributed by atoms with Crippen molar-refractivity contribution in [1.29, 1.82) is 0 Å². The summed E-state index contributed by atoms with van der Waals surface area (Å²) in [6.07, 6.45) is 1.80. The van der Waals surface area contributed by atoms with Crippen LogP contribution < -0.4 is 4.74 Å². The Morgan fingerprint density at radius 2 is 1.95 bits per heavy atom. The maximum Gasteiger partial charge on any atom is 0.354 e. The van der Waals surface area contributed by atoms with Crippen LogP contribution in [0.1, 0.15) is 37.2 Å². The van der Waals surface area contributed by atoms with Crippen LogP contribution in [-0.2, 0) is 6.54 Å². The molecule has 2 aromatic rings. The van der Waals surface area contributed by atoms with Gasteiger partial charge in [-0.3, -0.25) is 4.68 Å². The normalized spacial score (nSPS) is 10.6. The molecule has 1 aromatic carbocycles. The fourth-order valence-corrected chi connectivity index (χ4v) is 2.05. The number of carboxylic acid groups (broad SMARTS) is 1. The molecule has 0 amide bonds. The van der Waals surface area contributed by atoms with Crippen molar-refractivity contribution in [3.8, 4) is 17.0 Å². The topological polar surface area (TPSA) is 64.3 Å². The monoisotopic (exact) mass is 288 g/mol. The molecular formula is C16H20N2O3. The lowest BCUT2D eigenvalue weighted by atomic mass is 10.1. The minimum atomic E-state index is -0.954. The zero-order valence-corrected chi connectivity index (χ0v) is 12.4. The Hall–Kier alpha value is -2.30. The molecule has 0 fully saturated rings. The molecule has 1 N–H and O–H groups in total. The Morgan fingerprint density at radius 1 is 1.24 bits per heavy atom. The van der Waals surface area contributed by atoms with Crippen molar-refractivity contribution in [1.82, 2.24) is 9.78 Å². The van der Waals surface area contributed by atoms with Gasteiger partial charge in [-0.15, -0.1) is 0 Å². The van der Waals surface area contributed by atoms with E-state index in [0.717, 1.165) is 24.2 Å². The Labute approximate surface area is 124 Å². The Kier molecular flexibility index (Phi) is 4.98. The van der Waals surface area contributed by atoms with Crippen LogP contribution in [0.3, 0.4) is 0 Å². The van der Waals surface area contributed by atoms with E-state index in [9.17, 15) is 9.90 Å². The van der Waals surface area contributed by atoms with Crippen molar-refractivity contribution < 1.29 is 14.6 Å². The van der Waals surface area contributed by atoms with Crippen LogP contribution >= 0.6 is 0 Å². The highest BCUT2D eigenvalue weighted by molar-refractivity contribution is 5.87. The maximum absolute atomic E-state index is 11.2. The van der Waals surface area contributed by atoms with E-state index in [4.69, 9.17) is 4.74 Å². The second kappa shape index (κ2) is 6.92. The Balaban J connectivity index is 2.25. The lowest BCUT2D eigenvalue weighted by molar-refractivity contribution is 0.0683. The third-order valence-electron chi connectivity index (χ3n) is 3.06. The highest BCUT2D eigenvalue weighted by atomic mass is 16.5. The second-order valence-electron chi connectivity index (χ2n) is 4.82. The van der Waals surface area contributed by atoms with Crippen molar-refractivity contribution in [3.05, 3.63) is 36.0 Å². The number of carbonyl (C=O) groups is 1. The van der Waals surface area contributed by atoms with Gasteiger partial charge in [-0.25, -0.2) is 4.79 Å².